The average molecular weight is 668 g/mol. The van der Waals surface area contributed by atoms with Crippen molar-refractivity contribution in [1.82, 2.24) is 31.9 Å². The Labute approximate surface area is 277 Å². The van der Waals surface area contributed by atoms with E-state index in [1.54, 1.807) is 48.5 Å². The number of hydrogen-bond acceptors (Lipinski definition) is 8. The third kappa shape index (κ3) is 13.3. The van der Waals surface area contributed by atoms with Gasteiger partial charge in [-0.25, -0.2) is 0 Å². The van der Waals surface area contributed by atoms with Crippen LogP contribution in [-0.4, -0.2) is 89.2 Å². The van der Waals surface area contributed by atoms with Crippen LogP contribution in [0.3, 0.4) is 0 Å². The van der Waals surface area contributed by atoms with Crippen LogP contribution < -0.4 is 37.6 Å². The molecule has 0 saturated heterocycles. The molecule has 0 aliphatic heterocycles. The monoisotopic (exact) mass is 667 g/mol. The van der Waals surface area contributed by atoms with Crippen LogP contribution in [-0.2, 0) is 40.0 Å². The van der Waals surface area contributed by atoms with Gasteiger partial charge in [-0.3, -0.25) is 38.4 Å². The van der Waals surface area contributed by atoms with E-state index in [2.05, 4.69) is 31.9 Å². The topological polar surface area (TPSA) is 255 Å². The smallest absolute Gasteiger partial charge is 0.322 e. The van der Waals surface area contributed by atoms with Gasteiger partial charge in [0, 0.05) is 18.4 Å². The predicted octanol–water partition coefficient (Wildman–Crippen LogP) is -1.51. The number of carbonyl (C=O) groups is 8. The van der Waals surface area contributed by atoms with E-state index in [0.717, 1.165) is 0 Å². The van der Waals surface area contributed by atoms with Gasteiger partial charge in [0.2, 0.25) is 35.4 Å². The Balaban J connectivity index is 2.05. The normalized spacial score (nSPS) is 13.6. The summed E-state index contributed by atoms with van der Waals surface area (Å²) in [6.45, 7) is 3.41. The molecule has 0 saturated carbocycles. The quantitative estimate of drug-likeness (QED) is 0.0919. The number of rotatable bonds is 18. The Hall–Kier alpha value is -5.80. The molecule has 0 aliphatic carbocycles. The molecule has 0 radical (unpaired) electrons. The molecule has 2 aromatic rings. The molecule has 0 fully saturated rings. The lowest BCUT2D eigenvalue weighted by atomic mass is 10.0. The molecular formula is C32H41N7O9. The van der Waals surface area contributed by atoms with Gasteiger partial charge in [-0.2, -0.15) is 0 Å². The van der Waals surface area contributed by atoms with Gasteiger partial charge >= 0.3 is 5.97 Å². The van der Waals surface area contributed by atoms with Gasteiger partial charge in [-0.05, 0) is 44.9 Å². The molecule has 2 rings (SSSR count). The number of amides is 7. The third-order valence-corrected chi connectivity index (χ3v) is 6.92. The molecule has 2 aromatic carbocycles. The Morgan fingerprint density at radius 2 is 1.10 bits per heavy atom. The fraction of sp³-hybridized carbons (Fsp3) is 0.375. The zero-order valence-electron chi connectivity index (χ0n) is 26.8. The van der Waals surface area contributed by atoms with E-state index in [1.807, 2.05) is 0 Å². The molecule has 0 unspecified atom stereocenters. The van der Waals surface area contributed by atoms with Gasteiger partial charge in [-0.1, -0.05) is 48.5 Å². The molecule has 0 heterocycles. The molecule has 0 aliphatic rings. The first kappa shape index (κ1) is 38.4. The van der Waals surface area contributed by atoms with Crippen LogP contribution in [0.15, 0.2) is 60.7 Å². The summed E-state index contributed by atoms with van der Waals surface area (Å²) in [4.78, 5) is 99.1. The number of primary amides is 1. The fourth-order valence-electron chi connectivity index (χ4n) is 4.22. The van der Waals surface area contributed by atoms with E-state index in [0.29, 0.717) is 5.56 Å². The van der Waals surface area contributed by atoms with Crippen molar-refractivity contribution in [2.45, 2.75) is 70.2 Å². The molecule has 258 valence electrons. The Bertz CT molecular complexity index is 1470. The molecule has 0 spiro atoms. The van der Waals surface area contributed by atoms with E-state index < -0.39 is 84.1 Å². The van der Waals surface area contributed by atoms with E-state index in [1.165, 1.54) is 32.9 Å². The molecule has 0 bridgehead atoms. The minimum Gasteiger partial charge on any atom is -0.480 e. The number of carbonyl (C=O) groups excluding carboxylic acids is 7. The first-order valence-corrected chi connectivity index (χ1v) is 15.1. The van der Waals surface area contributed by atoms with E-state index in [-0.39, 0.29) is 24.8 Å². The maximum absolute atomic E-state index is 13.1. The summed E-state index contributed by atoms with van der Waals surface area (Å²) in [6, 6.07) is 10.8. The zero-order valence-corrected chi connectivity index (χ0v) is 26.8. The molecule has 7 amide bonds. The summed E-state index contributed by atoms with van der Waals surface area (Å²) in [6.07, 6.45) is -0.317. The lowest BCUT2D eigenvalue weighted by molar-refractivity contribution is -0.138. The second kappa shape index (κ2) is 19.0. The van der Waals surface area contributed by atoms with Crippen molar-refractivity contribution < 1.29 is 43.5 Å². The summed E-state index contributed by atoms with van der Waals surface area (Å²) in [5.74, 6) is -6.29. The summed E-state index contributed by atoms with van der Waals surface area (Å²) in [5, 5.41) is 23.4. The standard InChI is InChI=1S/C32H41N7O9/c1-18(27(43)34-17-26(41)42)36-32(48)24(16-21-10-6-4-7-11-21)39-29(45)20(3)35-28(44)19(2)37-31(47)23(14-15-25(33)40)38-30(46)22-12-8-5-9-13-22/h4-13,18-20,23-24H,14-17H2,1-3H3,(H2,33,40)(H,34,43)(H,35,44)(H,36,48)(H,37,47)(H,38,46)(H,39,45)(H,41,42)/t18-,19-,20-,23-,24-/m0/s1. The fourth-order valence-corrected chi connectivity index (χ4v) is 4.22. The van der Waals surface area contributed by atoms with E-state index >= 15 is 0 Å². The Morgan fingerprint density at radius 1 is 0.625 bits per heavy atom. The minimum absolute atomic E-state index is 0.0242. The predicted molar refractivity (Wildman–Crippen MR) is 172 cm³/mol. The summed E-state index contributed by atoms with van der Waals surface area (Å²) in [5.41, 5.74) is 6.18. The summed E-state index contributed by atoms with van der Waals surface area (Å²) < 4.78 is 0. The number of carboxylic acids is 1. The van der Waals surface area contributed by atoms with Crippen molar-refractivity contribution in [2.24, 2.45) is 5.73 Å². The van der Waals surface area contributed by atoms with Crippen molar-refractivity contribution in [2.75, 3.05) is 6.54 Å². The molecule has 16 nitrogen and oxygen atoms in total. The molecule has 0 aromatic heterocycles. The number of nitrogens with one attached hydrogen (secondary N) is 6. The largest absolute Gasteiger partial charge is 0.480 e. The highest BCUT2D eigenvalue weighted by atomic mass is 16.4. The van der Waals surface area contributed by atoms with Crippen molar-refractivity contribution in [1.29, 1.82) is 0 Å². The van der Waals surface area contributed by atoms with Gasteiger partial charge in [0.05, 0.1) is 0 Å². The highest BCUT2D eigenvalue weighted by Crippen LogP contribution is 2.06. The maximum atomic E-state index is 13.1. The van der Waals surface area contributed by atoms with Crippen LogP contribution in [0, 0.1) is 0 Å². The number of nitrogens with two attached hydrogens (primary N) is 1. The van der Waals surface area contributed by atoms with Crippen molar-refractivity contribution in [3.8, 4) is 0 Å². The molecule has 16 heteroatoms. The molecule has 5 atom stereocenters. The maximum Gasteiger partial charge on any atom is 0.322 e. The van der Waals surface area contributed by atoms with Crippen LogP contribution >= 0.6 is 0 Å². The van der Waals surface area contributed by atoms with Crippen molar-refractivity contribution in [3.63, 3.8) is 0 Å². The van der Waals surface area contributed by atoms with E-state index in [4.69, 9.17) is 10.8 Å². The number of aliphatic carboxylic acids is 1. The SMILES string of the molecule is C[C@H](NC(=O)[C@H](C)NC(=O)[C@H](CCC(N)=O)NC(=O)c1ccccc1)C(=O)N[C@@H](Cc1ccccc1)C(=O)N[C@@H](C)C(=O)NCC(=O)O. The van der Waals surface area contributed by atoms with Crippen molar-refractivity contribution in [3.05, 3.63) is 71.8 Å². The van der Waals surface area contributed by atoms with Gasteiger partial charge in [0.15, 0.2) is 0 Å². The molecule has 9 N–H and O–H groups in total. The van der Waals surface area contributed by atoms with Gasteiger partial charge in [0.25, 0.3) is 5.91 Å². The minimum atomic E-state index is -1.27. The summed E-state index contributed by atoms with van der Waals surface area (Å²) >= 11 is 0. The zero-order chi connectivity index (χ0) is 35.8. The average Bonchev–Trinajstić information content (AvgIpc) is 3.05. The Morgan fingerprint density at radius 3 is 1.65 bits per heavy atom. The van der Waals surface area contributed by atoms with Crippen LogP contribution in [0.2, 0.25) is 0 Å². The van der Waals surface area contributed by atoms with Crippen LogP contribution in [0.25, 0.3) is 0 Å². The highest BCUT2D eigenvalue weighted by molar-refractivity contribution is 5.99. The summed E-state index contributed by atoms with van der Waals surface area (Å²) in [7, 11) is 0. The number of benzene rings is 2. The number of hydrogen-bond donors (Lipinski definition) is 8. The van der Waals surface area contributed by atoms with Gasteiger partial charge in [-0.15, -0.1) is 0 Å². The lowest BCUT2D eigenvalue weighted by Gasteiger charge is -2.24. The first-order valence-electron chi connectivity index (χ1n) is 15.1. The highest BCUT2D eigenvalue weighted by Gasteiger charge is 2.29. The van der Waals surface area contributed by atoms with E-state index in [9.17, 15) is 38.4 Å². The van der Waals surface area contributed by atoms with Gasteiger partial charge in [0.1, 0.15) is 36.8 Å². The van der Waals surface area contributed by atoms with Crippen LogP contribution in [0.4, 0.5) is 0 Å². The molecular weight excluding hydrogens is 626 g/mol. The Kier molecular flexibility index (Phi) is 15.2. The van der Waals surface area contributed by atoms with Crippen LogP contribution in [0.5, 0.6) is 0 Å². The lowest BCUT2D eigenvalue weighted by Crippen LogP contribution is -2.58. The second-order valence-electron chi connectivity index (χ2n) is 11.0. The van der Waals surface area contributed by atoms with Crippen molar-refractivity contribution >= 4 is 47.3 Å². The third-order valence-electron chi connectivity index (χ3n) is 6.92. The van der Waals surface area contributed by atoms with Gasteiger partial charge < -0.3 is 42.7 Å². The second-order valence-corrected chi connectivity index (χ2v) is 11.0. The number of carboxylic acid groups (broad SMARTS) is 1. The van der Waals surface area contributed by atoms with Crippen LogP contribution in [0.1, 0.15) is 49.5 Å². The first-order chi connectivity index (χ1) is 22.7. The molecule has 48 heavy (non-hydrogen) atoms.